The molecule has 3 heteroatoms. The maximum absolute atomic E-state index is 6.38. The van der Waals surface area contributed by atoms with Gasteiger partial charge in [-0.15, -0.1) is 0 Å². The van der Waals surface area contributed by atoms with Crippen LogP contribution in [0.2, 0.25) is 18.1 Å². The van der Waals surface area contributed by atoms with Crippen LogP contribution in [0, 0.1) is 0 Å². The van der Waals surface area contributed by atoms with Crippen molar-refractivity contribution in [3.8, 4) is 0 Å². The number of hydrogen-bond donors (Lipinski definition) is 0. The fraction of sp³-hybridized carbons (Fsp3) is 0.367. The first-order valence-corrected chi connectivity index (χ1v) is 17.1. The first-order valence-electron chi connectivity index (χ1n) is 12.3. The van der Waals surface area contributed by atoms with Crippen LogP contribution in [-0.2, 0) is 4.43 Å². The molecule has 0 amide bonds. The molecule has 0 atom stereocenters. The fourth-order valence-electron chi connectivity index (χ4n) is 4.00. The Kier molecular flexibility index (Phi) is 8.99. The second kappa shape index (κ2) is 11.5. The molecule has 0 spiro atoms. The van der Waals surface area contributed by atoms with E-state index in [0.29, 0.717) is 0 Å². The molecule has 0 aliphatic carbocycles. The van der Waals surface area contributed by atoms with Crippen molar-refractivity contribution < 1.29 is 4.43 Å². The Morgan fingerprint density at radius 1 is 0.667 bits per heavy atom. The van der Waals surface area contributed by atoms with Gasteiger partial charge in [-0.3, -0.25) is 0 Å². The number of unbranched alkanes of at least 4 members (excludes halogenated alkanes) is 3. The molecule has 1 nitrogen and oxygen atoms in total. The maximum atomic E-state index is 6.38. The quantitative estimate of drug-likeness (QED) is 0.169. The number of hydrogen-bond acceptors (Lipinski definition) is 1. The monoisotopic (exact) mass is 476 g/mol. The van der Waals surface area contributed by atoms with Crippen LogP contribution in [0.15, 0.2) is 91.0 Å². The van der Waals surface area contributed by atoms with Gasteiger partial charge in [-0.05, 0) is 60.2 Å². The van der Waals surface area contributed by atoms with Crippen LogP contribution in [0.5, 0.6) is 0 Å². The highest BCUT2D eigenvalue weighted by Gasteiger charge is 2.36. The Hall–Kier alpha value is -1.86. The molecule has 0 aliphatic heterocycles. The molecule has 0 unspecified atom stereocenters. The van der Waals surface area contributed by atoms with Gasteiger partial charge in [0.05, 0.1) is 0 Å². The summed E-state index contributed by atoms with van der Waals surface area (Å²) in [5.41, 5.74) is 0. The van der Waals surface area contributed by atoms with Gasteiger partial charge in [0, 0.05) is 6.61 Å². The average molecular weight is 477 g/mol. The van der Waals surface area contributed by atoms with Crippen molar-refractivity contribution in [2.75, 3.05) is 6.61 Å². The fourth-order valence-corrected chi connectivity index (χ4v) is 9.12. The van der Waals surface area contributed by atoms with Crippen LogP contribution in [0.25, 0.3) is 0 Å². The molecule has 3 aromatic carbocycles. The normalized spacial score (nSPS) is 12.5. The molecule has 3 rings (SSSR count). The zero-order valence-electron chi connectivity index (χ0n) is 21.1. The summed E-state index contributed by atoms with van der Waals surface area (Å²) in [5.74, 6) is 2.65. The Morgan fingerprint density at radius 3 is 1.48 bits per heavy atom. The van der Waals surface area contributed by atoms with Crippen molar-refractivity contribution in [2.45, 2.75) is 64.6 Å². The van der Waals surface area contributed by atoms with Gasteiger partial charge in [0.1, 0.15) is 0 Å². The van der Waals surface area contributed by atoms with Crippen molar-refractivity contribution in [1.82, 2.24) is 0 Å². The Balaban J connectivity index is 1.81. The molecule has 0 bridgehead atoms. The van der Waals surface area contributed by atoms with E-state index in [1.165, 1.54) is 28.8 Å². The van der Waals surface area contributed by atoms with Crippen LogP contribution in [0.3, 0.4) is 0 Å². The number of rotatable bonds is 10. The van der Waals surface area contributed by atoms with Crippen molar-refractivity contribution >= 4 is 36.9 Å². The van der Waals surface area contributed by atoms with Crippen LogP contribution in [0.4, 0.5) is 0 Å². The lowest BCUT2D eigenvalue weighted by Crippen LogP contribution is -2.40. The summed E-state index contributed by atoms with van der Waals surface area (Å²) in [6.07, 6.45) is 4.68. The van der Waals surface area contributed by atoms with Crippen molar-refractivity contribution in [3.63, 3.8) is 0 Å². The van der Waals surface area contributed by atoms with E-state index in [1.54, 1.807) is 0 Å². The van der Waals surface area contributed by atoms with Crippen molar-refractivity contribution in [1.29, 1.82) is 0 Å². The van der Waals surface area contributed by atoms with E-state index in [2.05, 4.69) is 131 Å². The lowest BCUT2D eigenvalue weighted by molar-refractivity contribution is 0.278. The van der Waals surface area contributed by atoms with Gasteiger partial charge in [-0.2, -0.15) is 0 Å². The predicted molar refractivity (Wildman–Crippen MR) is 153 cm³/mol. The van der Waals surface area contributed by atoms with Crippen LogP contribution in [-0.4, -0.2) is 20.7 Å². The molecular weight excluding hydrogens is 435 g/mol. The van der Waals surface area contributed by atoms with Crippen LogP contribution in [0.1, 0.15) is 46.5 Å². The predicted octanol–water partition coefficient (Wildman–Crippen LogP) is 7.36. The average Bonchev–Trinajstić information content (AvgIpc) is 2.82. The molecular formula is C30H41OPSi. The van der Waals surface area contributed by atoms with E-state index in [0.717, 1.165) is 19.4 Å². The first-order chi connectivity index (χ1) is 15.8. The highest BCUT2D eigenvalue weighted by Crippen LogP contribution is 2.44. The topological polar surface area (TPSA) is 9.23 Å². The summed E-state index contributed by atoms with van der Waals surface area (Å²) < 4.78 is 6.38. The minimum atomic E-state index is -1.81. The van der Waals surface area contributed by atoms with E-state index in [1.807, 2.05) is 0 Å². The third kappa shape index (κ3) is 6.38. The van der Waals surface area contributed by atoms with E-state index in [4.69, 9.17) is 4.43 Å². The molecule has 0 aromatic heterocycles. The van der Waals surface area contributed by atoms with Gasteiger partial charge in [0.15, 0.2) is 8.32 Å². The number of benzene rings is 3. The molecule has 0 N–H and O–H groups in total. The van der Waals surface area contributed by atoms with Gasteiger partial charge < -0.3 is 4.43 Å². The summed E-state index contributed by atoms with van der Waals surface area (Å²) in [6.45, 7) is 10.7. The summed E-state index contributed by atoms with van der Waals surface area (Å²) in [4.78, 5) is 0. The van der Waals surface area contributed by atoms with E-state index >= 15 is 0 Å². The van der Waals surface area contributed by atoms with E-state index in [-0.39, 0.29) is 5.04 Å². The third-order valence-electron chi connectivity index (χ3n) is 7.01. The van der Waals surface area contributed by atoms with Gasteiger partial charge in [0.2, 0.25) is 0 Å². The van der Waals surface area contributed by atoms with Crippen LogP contribution >= 0.6 is 6.89 Å². The lowest BCUT2D eigenvalue weighted by atomic mass is 10.2. The van der Waals surface area contributed by atoms with Gasteiger partial charge >= 0.3 is 0 Å². The van der Waals surface area contributed by atoms with Crippen molar-refractivity contribution in [3.05, 3.63) is 91.0 Å². The van der Waals surface area contributed by atoms with Crippen molar-refractivity contribution in [2.24, 2.45) is 0 Å². The van der Waals surface area contributed by atoms with E-state index < -0.39 is 15.2 Å². The zero-order chi connectivity index (χ0) is 23.8. The molecule has 176 valence electrons. The Labute approximate surface area is 203 Å². The lowest BCUT2D eigenvalue weighted by Gasteiger charge is -2.36. The summed E-state index contributed by atoms with van der Waals surface area (Å²) in [6, 6.07) is 33.4. The van der Waals surface area contributed by atoms with Crippen LogP contribution < -0.4 is 15.9 Å². The summed E-state index contributed by atoms with van der Waals surface area (Å²) in [7, 11) is -1.64. The van der Waals surface area contributed by atoms with Gasteiger partial charge in [-0.1, -0.05) is 124 Å². The summed E-state index contributed by atoms with van der Waals surface area (Å²) >= 11 is 0. The molecule has 0 aliphatic rings. The smallest absolute Gasteiger partial charge is 0.191 e. The molecule has 33 heavy (non-hydrogen) atoms. The van der Waals surface area contributed by atoms with Gasteiger partial charge in [-0.25, -0.2) is 0 Å². The SMILES string of the molecule is CC(C)(C)[Si](C)(C)OCCCCCC=P(c1ccccc1)(c1ccccc1)c1ccccc1. The highest BCUT2D eigenvalue weighted by atomic mass is 31.2. The molecule has 0 radical (unpaired) electrons. The second-order valence-electron chi connectivity index (χ2n) is 10.4. The molecule has 0 saturated heterocycles. The highest BCUT2D eigenvalue weighted by molar-refractivity contribution is 7.94. The zero-order valence-corrected chi connectivity index (χ0v) is 23.0. The largest absolute Gasteiger partial charge is 0.417 e. The molecule has 3 aromatic rings. The maximum Gasteiger partial charge on any atom is 0.191 e. The molecule has 0 heterocycles. The van der Waals surface area contributed by atoms with E-state index in [9.17, 15) is 0 Å². The standard InChI is InChI=1S/C30H41OPSi/c1-30(2,3)33(4,5)31-25-17-6-7-18-26-32(27-19-11-8-12-20-27,28-21-13-9-14-22-28)29-23-15-10-16-24-29/h8-16,19-24,26H,6-7,17-18,25H2,1-5H3. The Bertz CT molecular complexity index is 918. The second-order valence-corrected chi connectivity index (χ2v) is 18.5. The molecule has 0 saturated carbocycles. The first kappa shape index (κ1) is 25.8. The minimum Gasteiger partial charge on any atom is -0.417 e. The minimum absolute atomic E-state index is 0.284. The Morgan fingerprint density at radius 2 is 1.09 bits per heavy atom. The summed E-state index contributed by atoms with van der Waals surface area (Å²) in [5, 5.41) is 4.59. The molecule has 0 fully saturated rings. The third-order valence-corrected chi connectivity index (χ3v) is 15.7. The van der Waals surface area contributed by atoms with Gasteiger partial charge in [0.25, 0.3) is 0 Å².